The minimum absolute atomic E-state index is 0.106. The number of nitrogens with zero attached hydrogens (tertiary/aromatic N) is 3. The number of hydrogen-bond donors (Lipinski definition) is 1. The predicted octanol–water partition coefficient (Wildman–Crippen LogP) is 4.40. The van der Waals surface area contributed by atoms with Gasteiger partial charge in [0, 0.05) is 29.2 Å². The second-order valence-electron chi connectivity index (χ2n) is 6.90. The van der Waals surface area contributed by atoms with Crippen LogP contribution in [0.3, 0.4) is 0 Å². The number of carbonyl (C=O) groups is 1. The van der Waals surface area contributed by atoms with Gasteiger partial charge >= 0.3 is 0 Å². The third-order valence-electron chi connectivity index (χ3n) is 4.66. The number of amides is 1. The molecule has 4 aromatic rings. The van der Waals surface area contributed by atoms with Crippen LogP contribution in [0.15, 0.2) is 100 Å². The maximum absolute atomic E-state index is 12.8. The summed E-state index contributed by atoms with van der Waals surface area (Å²) in [5.41, 5.74) is 2.31. The minimum atomic E-state index is -0.428. The number of aryl methyl sites for hydroxylation is 1. The zero-order valence-electron chi connectivity index (χ0n) is 16.9. The highest BCUT2D eigenvalue weighted by Crippen LogP contribution is 2.28. The number of hydrogen-bond acceptors (Lipinski definition) is 5. The number of aromatic nitrogens is 3. The lowest BCUT2D eigenvalue weighted by Crippen LogP contribution is -2.29. The zero-order chi connectivity index (χ0) is 21.6. The fourth-order valence-electron chi connectivity index (χ4n) is 3.09. The molecule has 0 aliphatic carbocycles. The van der Waals surface area contributed by atoms with Crippen molar-refractivity contribution in [3.8, 4) is 0 Å². The Morgan fingerprint density at radius 3 is 2.52 bits per heavy atom. The Labute approximate surface area is 184 Å². The van der Waals surface area contributed by atoms with E-state index in [4.69, 9.17) is 0 Å². The first kappa shape index (κ1) is 20.6. The summed E-state index contributed by atoms with van der Waals surface area (Å²) in [5.74, 6) is -0.428. The average Bonchev–Trinajstić information content (AvgIpc) is 2.78. The molecule has 0 bridgehead atoms. The molecule has 2 aromatic heterocycles. The summed E-state index contributed by atoms with van der Waals surface area (Å²) in [6, 6.07) is 20.4. The summed E-state index contributed by atoms with van der Waals surface area (Å²) in [5, 5.41) is 3.51. The minimum Gasteiger partial charge on any atom is -0.322 e. The van der Waals surface area contributed by atoms with E-state index in [1.54, 1.807) is 36.8 Å². The fourth-order valence-corrected chi connectivity index (χ4v) is 3.90. The second kappa shape index (κ2) is 9.40. The molecule has 0 aliphatic rings. The Morgan fingerprint density at radius 1 is 1.00 bits per heavy atom. The van der Waals surface area contributed by atoms with Gasteiger partial charge in [0.15, 0.2) is 5.16 Å². The zero-order valence-corrected chi connectivity index (χ0v) is 17.7. The van der Waals surface area contributed by atoms with Gasteiger partial charge in [0.25, 0.3) is 11.5 Å². The van der Waals surface area contributed by atoms with E-state index in [1.807, 2.05) is 55.5 Å². The van der Waals surface area contributed by atoms with Gasteiger partial charge in [-0.1, -0.05) is 30.3 Å². The SMILES string of the molecule is Cc1cc(Sc2ncccn2)ccc1NC(=O)c1cccn(Cc2ccccc2)c1=O. The molecule has 1 amide bonds. The number of nitrogens with one attached hydrogen (secondary N) is 1. The predicted molar refractivity (Wildman–Crippen MR) is 122 cm³/mol. The van der Waals surface area contributed by atoms with Crippen molar-refractivity contribution in [1.82, 2.24) is 14.5 Å². The Bertz CT molecular complexity index is 1260. The standard InChI is InChI=1S/C24H20N4O2S/c1-17-15-19(31-24-25-12-6-13-26-24)10-11-21(17)27-22(29)20-9-5-14-28(23(20)30)16-18-7-3-2-4-8-18/h2-15H,16H2,1H3,(H,27,29). The van der Waals surface area contributed by atoms with Crippen molar-refractivity contribution in [1.29, 1.82) is 0 Å². The highest BCUT2D eigenvalue weighted by molar-refractivity contribution is 7.99. The van der Waals surface area contributed by atoms with Crippen molar-refractivity contribution in [3.05, 3.63) is 112 Å². The summed E-state index contributed by atoms with van der Waals surface area (Å²) >= 11 is 1.44. The lowest BCUT2D eigenvalue weighted by atomic mass is 10.1. The summed E-state index contributed by atoms with van der Waals surface area (Å²) in [6.07, 6.45) is 5.08. The third kappa shape index (κ3) is 5.07. The van der Waals surface area contributed by atoms with Crippen LogP contribution in [0.5, 0.6) is 0 Å². The topological polar surface area (TPSA) is 76.9 Å². The largest absolute Gasteiger partial charge is 0.322 e. The lowest BCUT2D eigenvalue weighted by Gasteiger charge is -2.11. The van der Waals surface area contributed by atoms with E-state index in [1.165, 1.54) is 16.3 Å². The summed E-state index contributed by atoms with van der Waals surface area (Å²) in [7, 11) is 0. The first-order chi connectivity index (χ1) is 15.1. The molecule has 0 saturated heterocycles. The van der Waals surface area contributed by atoms with Gasteiger partial charge in [0.1, 0.15) is 5.56 Å². The molecule has 6 nitrogen and oxygen atoms in total. The van der Waals surface area contributed by atoms with E-state index in [0.29, 0.717) is 17.4 Å². The Balaban J connectivity index is 1.50. The first-order valence-electron chi connectivity index (χ1n) is 9.70. The molecule has 0 unspecified atom stereocenters. The van der Waals surface area contributed by atoms with Crippen LogP contribution in [-0.4, -0.2) is 20.4 Å². The Hall–Kier alpha value is -3.71. The van der Waals surface area contributed by atoms with Crippen LogP contribution in [0.4, 0.5) is 5.69 Å². The van der Waals surface area contributed by atoms with Gasteiger partial charge in [-0.05, 0) is 66.2 Å². The number of anilines is 1. The second-order valence-corrected chi connectivity index (χ2v) is 7.95. The summed E-state index contributed by atoms with van der Waals surface area (Å²) in [6.45, 7) is 2.32. The number of pyridine rings is 1. The molecule has 0 radical (unpaired) electrons. The Kier molecular flexibility index (Phi) is 6.24. The van der Waals surface area contributed by atoms with E-state index in [2.05, 4.69) is 15.3 Å². The van der Waals surface area contributed by atoms with Gasteiger partial charge in [-0.2, -0.15) is 0 Å². The summed E-state index contributed by atoms with van der Waals surface area (Å²) < 4.78 is 1.54. The molecule has 0 spiro atoms. The van der Waals surface area contributed by atoms with Gasteiger partial charge in [-0.3, -0.25) is 9.59 Å². The maximum atomic E-state index is 12.8. The molecule has 1 N–H and O–H groups in total. The van der Waals surface area contributed by atoms with Crippen molar-refractivity contribution in [2.75, 3.05) is 5.32 Å². The van der Waals surface area contributed by atoms with Gasteiger partial charge in [-0.25, -0.2) is 9.97 Å². The molecule has 2 aromatic carbocycles. The van der Waals surface area contributed by atoms with E-state index in [9.17, 15) is 9.59 Å². The van der Waals surface area contributed by atoms with Crippen molar-refractivity contribution in [2.45, 2.75) is 23.5 Å². The lowest BCUT2D eigenvalue weighted by molar-refractivity contribution is 0.102. The van der Waals surface area contributed by atoms with Crippen LogP contribution in [0.1, 0.15) is 21.5 Å². The van der Waals surface area contributed by atoms with E-state index >= 15 is 0 Å². The van der Waals surface area contributed by atoms with Gasteiger partial charge in [0.05, 0.1) is 6.54 Å². The molecular formula is C24H20N4O2S. The van der Waals surface area contributed by atoms with Crippen LogP contribution in [0, 0.1) is 6.92 Å². The number of rotatable bonds is 6. The monoisotopic (exact) mass is 428 g/mol. The number of carbonyl (C=O) groups excluding carboxylic acids is 1. The van der Waals surface area contributed by atoms with Gasteiger partial charge in [-0.15, -0.1) is 0 Å². The van der Waals surface area contributed by atoms with E-state index in [0.717, 1.165) is 16.0 Å². The quantitative estimate of drug-likeness (QED) is 0.461. The average molecular weight is 429 g/mol. The molecular weight excluding hydrogens is 408 g/mol. The molecule has 2 heterocycles. The molecule has 4 rings (SSSR count). The fraction of sp³-hybridized carbons (Fsp3) is 0.0833. The van der Waals surface area contributed by atoms with Gasteiger partial charge < -0.3 is 9.88 Å². The molecule has 0 atom stereocenters. The van der Waals surface area contributed by atoms with Crippen LogP contribution >= 0.6 is 11.8 Å². The molecule has 0 aliphatic heterocycles. The van der Waals surface area contributed by atoms with Crippen molar-refractivity contribution < 1.29 is 4.79 Å². The molecule has 7 heteroatoms. The first-order valence-corrected chi connectivity index (χ1v) is 10.5. The Morgan fingerprint density at radius 2 is 1.77 bits per heavy atom. The normalized spacial score (nSPS) is 10.6. The van der Waals surface area contributed by atoms with Crippen molar-refractivity contribution in [3.63, 3.8) is 0 Å². The highest BCUT2D eigenvalue weighted by atomic mass is 32.2. The molecule has 154 valence electrons. The summed E-state index contributed by atoms with van der Waals surface area (Å²) in [4.78, 5) is 35.0. The van der Waals surface area contributed by atoms with Gasteiger partial charge in [0.2, 0.25) is 0 Å². The van der Waals surface area contributed by atoms with E-state index < -0.39 is 5.91 Å². The molecule has 0 fully saturated rings. The smallest absolute Gasteiger partial charge is 0.263 e. The van der Waals surface area contributed by atoms with Crippen LogP contribution in [0.2, 0.25) is 0 Å². The third-order valence-corrected chi connectivity index (χ3v) is 5.54. The molecule has 31 heavy (non-hydrogen) atoms. The molecule has 0 saturated carbocycles. The van der Waals surface area contributed by atoms with Crippen LogP contribution in [0.25, 0.3) is 0 Å². The van der Waals surface area contributed by atoms with Crippen molar-refractivity contribution >= 4 is 23.4 Å². The highest BCUT2D eigenvalue weighted by Gasteiger charge is 2.14. The van der Waals surface area contributed by atoms with Crippen LogP contribution in [-0.2, 0) is 6.54 Å². The van der Waals surface area contributed by atoms with Crippen molar-refractivity contribution in [2.24, 2.45) is 0 Å². The number of benzene rings is 2. The van der Waals surface area contributed by atoms with Crippen LogP contribution < -0.4 is 10.9 Å². The maximum Gasteiger partial charge on any atom is 0.263 e. The van der Waals surface area contributed by atoms with E-state index in [-0.39, 0.29) is 11.1 Å².